The van der Waals surface area contributed by atoms with Crippen molar-refractivity contribution in [2.24, 2.45) is 5.92 Å². The quantitative estimate of drug-likeness (QED) is 0.0494. The topological polar surface area (TPSA) is 312 Å². The van der Waals surface area contributed by atoms with Crippen molar-refractivity contribution in [1.82, 2.24) is 20.2 Å². The van der Waals surface area contributed by atoms with E-state index in [0.29, 0.717) is 12.3 Å². The first-order valence-electron chi connectivity index (χ1n) is 19.6. The fourth-order valence-electron chi connectivity index (χ4n) is 7.27. The van der Waals surface area contributed by atoms with Gasteiger partial charge in [-0.3, -0.25) is 23.9 Å². The minimum atomic E-state index is -1.85. The average Bonchev–Trinajstić information content (AvgIpc) is 3.45. The van der Waals surface area contributed by atoms with Gasteiger partial charge >= 0.3 is 5.69 Å². The summed E-state index contributed by atoms with van der Waals surface area (Å²) < 4.78 is 24.1. The number of aromatic amines is 1. The van der Waals surface area contributed by atoms with Gasteiger partial charge in [0.25, 0.3) is 5.56 Å². The molecule has 0 radical (unpaired) electrons. The molecule has 3 saturated heterocycles. The molecule has 1 aromatic rings. The molecule has 57 heavy (non-hydrogen) atoms. The number of carbonyl (C=O) groups is 2. The number of allylic oxidation sites excluding steroid dienone is 1. The van der Waals surface area contributed by atoms with Crippen molar-refractivity contribution in [3.05, 3.63) is 45.3 Å². The van der Waals surface area contributed by atoms with E-state index >= 15 is 0 Å². The number of unbranched alkanes of at least 4 members (excludes halogenated alkanes) is 6. The number of nitrogens with one attached hydrogen (secondary N) is 3. The summed E-state index contributed by atoms with van der Waals surface area (Å²) in [7, 11) is 0. The van der Waals surface area contributed by atoms with Crippen molar-refractivity contribution < 1.29 is 69.4 Å². The lowest BCUT2D eigenvalue weighted by Gasteiger charge is -2.47. The molecule has 3 fully saturated rings. The molecule has 0 aromatic carbocycles. The van der Waals surface area contributed by atoms with E-state index in [9.17, 15) is 60.0 Å². The van der Waals surface area contributed by atoms with Crippen LogP contribution in [-0.4, -0.2) is 155 Å². The minimum absolute atomic E-state index is 0.598. The molecular weight excluding hydrogens is 756 g/mol. The molecule has 0 spiro atoms. The molecule has 0 aliphatic carbocycles. The molecule has 324 valence electrons. The Kier molecular flexibility index (Phi) is 17.8. The van der Waals surface area contributed by atoms with Gasteiger partial charge in [-0.2, -0.15) is 0 Å². The number of carbonyl (C=O) groups excluding carboxylic acids is 2. The summed E-state index contributed by atoms with van der Waals surface area (Å²) in [6.45, 7) is 4.75. The fourth-order valence-corrected chi connectivity index (χ4v) is 7.27. The second-order valence-electron chi connectivity index (χ2n) is 15.4. The van der Waals surface area contributed by atoms with Gasteiger partial charge in [-0.05, 0) is 24.8 Å². The van der Waals surface area contributed by atoms with Crippen LogP contribution in [0.4, 0.5) is 0 Å². The predicted octanol–water partition coefficient (Wildman–Crippen LogP) is -2.87. The Balaban J connectivity index is 1.48. The van der Waals surface area contributed by atoms with Crippen LogP contribution in [0.1, 0.15) is 84.8 Å². The van der Waals surface area contributed by atoms with E-state index in [1.807, 2.05) is 4.98 Å². The Bertz CT molecular complexity index is 1570. The number of rotatable bonds is 19. The van der Waals surface area contributed by atoms with Crippen molar-refractivity contribution in [1.29, 1.82) is 0 Å². The Morgan fingerprint density at radius 1 is 0.842 bits per heavy atom. The van der Waals surface area contributed by atoms with Crippen LogP contribution in [0.5, 0.6) is 0 Å². The molecular formula is C37H60N4O16. The number of aromatic nitrogens is 2. The van der Waals surface area contributed by atoms with Gasteiger partial charge in [0.1, 0.15) is 60.9 Å². The van der Waals surface area contributed by atoms with E-state index in [1.165, 1.54) is 25.3 Å². The number of H-pyrrole nitrogens is 1. The second-order valence-corrected chi connectivity index (χ2v) is 15.4. The summed E-state index contributed by atoms with van der Waals surface area (Å²) in [5.41, 5.74) is -1.68. The molecule has 0 saturated carbocycles. The van der Waals surface area contributed by atoms with E-state index < -0.39 is 128 Å². The van der Waals surface area contributed by atoms with Crippen molar-refractivity contribution in [3.8, 4) is 0 Å². The molecule has 3 aliphatic heterocycles. The van der Waals surface area contributed by atoms with Gasteiger partial charge in [0, 0.05) is 25.6 Å². The monoisotopic (exact) mass is 816 g/mol. The number of hydrogen-bond donors (Lipinski definition) is 11. The van der Waals surface area contributed by atoms with Crippen LogP contribution in [0.2, 0.25) is 0 Å². The third-order valence-corrected chi connectivity index (χ3v) is 10.5. The first-order valence-corrected chi connectivity index (χ1v) is 19.6. The molecule has 1 aromatic heterocycles. The highest BCUT2D eigenvalue weighted by atomic mass is 16.8. The summed E-state index contributed by atoms with van der Waals surface area (Å²) in [6, 6.07) is -2.01. The van der Waals surface area contributed by atoms with Crippen LogP contribution in [0.25, 0.3) is 0 Å². The Hall–Kier alpha value is -3.12. The summed E-state index contributed by atoms with van der Waals surface area (Å²) in [5, 5.41) is 91.3. The van der Waals surface area contributed by atoms with Crippen molar-refractivity contribution in [3.63, 3.8) is 0 Å². The van der Waals surface area contributed by atoms with Crippen molar-refractivity contribution in [2.75, 3.05) is 6.61 Å². The lowest BCUT2D eigenvalue weighted by atomic mass is 9.91. The summed E-state index contributed by atoms with van der Waals surface area (Å²) in [5.74, 6) is -0.665. The van der Waals surface area contributed by atoms with Crippen LogP contribution >= 0.6 is 0 Å². The molecule has 20 nitrogen and oxygen atoms in total. The predicted molar refractivity (Wildman–Crippen MR) is 198 cm³/mol. The van der Waals surface area contributed by atoms with E-state index in [4.69, 9.17) is 18.9 Å². The first kappa shape index (κ1) is 46.6. The number of aliphatic hydroxyl groups excluding tert-OH is 8. The lowest BCUT2D eigenvalue weighted by Crippen LogP contribution is -2.68. The van der Waals surface area contributed by atoms with Crippen LogP contribution in [0, 0.1) is 5.92 Å². The summed E-state index contributed by atoms with van der Waals surface area (Å²) >= 11 is 0. The number of ether oxygens (including phenoxy) is 4. The van der Waals surface area contributed by atoms with Gasteiger partial charge in [-0.15, -0.1) is 0 Å². The minimum Gasteiger partial charge on any atom is -0.394 e. The van der Waals surface area contributed by atoms with E-state index in [0.717, 1.165) is 49.4 Å². The highest BCUT2D eigenvalue weighted by molar-refractivity contribution is 5.87. The molecule has 0 bridgehead atoms. The zero-order chi connectivity index (χ0) is 42.0. The largest absolute Gasteiger partial charge is 0.394 e. The van der Waals surface area contributed by atoms with E-state index in [2.05, 4.69) is 24.5 Å². The van der Waals surface area contributed by atoms with Crippen LogP contribution in [0.15, 0.2) is 34.0 Å². The smallest absolute Gasteiger partial charge is 0.330 e. The molecule has 2 amide bonds. The lowest BCUT2D eigenvalue weighted by molar-refractivity contribution is -0.346. The molecule has 4 heterocycles. The third-order valence-electron chi connectivity index (χ3n) is 10.5. The molecule has 15 atom stereocenters. The number of amides is 2. The maximum Gasteiger partial charge on any atom is 0.330 e. The fraction of sp³-hybridized carbons (Fsp3) is 0.784. The van der Waals surface area contributed by atoms with Gasteiger partial charge in [-0.1, -0.05) is 58.4 Å². The highest BCUT2D eigenvalue weighted by Crippen LogP contribution is 2.34. The molecule has 4 rings (SSSR count). The standard InChI is InChI=1S/C37H60N4O16/c1-18(2)12-10-8-6-4-5-7-9-11-13-23(45)39-26-30(50)27(47)21(54-36(26)57-35-25(38-19(3)43)29(49)28(48)22(17-42)55-35)16-20(44)33-31(51)32(52)34(56-33)41-15-14-24(46)40-37(41)53/h11,13-15,18,20-22,25-36,42,44,47-52H,4-10,12,16-17H2,1-3H3,(H,38,43)(H,39,45)(H,40,46,53)/b13-11+/t20-,21-,22-,25-,26-,27+,28-,29-,30-,31+,32-,33-,34-,35-,36+/m1/s1. The number of nitrogens with zero attached hydrogens (tertiary/aromatic N) is 1. The first-order chi connectivity index (χ1) is 27.0. The van der Waals surface area contributed by atoms with E-state index in [-0.39, 0.29) is 0 Å². The number of aliphatic hydroxyl groups is 8. The molecule has 3 aliphatic rings. The maximum atomic E-state index is 13.1. The van der Waals surface area contributed by atoms with Crippen LogP contribution < -0.4 is 21.9 Å². The normalized spacial score (nSPS) is 35.1. The zero-order valence-corrected chi connectivity index (χ0v) is 32.4. The van der Waals surface area contributed by atoms with Gasteiger partial charge in [0.05, 0.1) is 18.8 Å². The van der Waals surface area contributed by atoms with Crippen molar-refractivity contribution in [2.45, 2.75) is 170 Å². The van der Waals surface area contributed by atoms with Gasteiger partial charge < -0.3 is 70.4 Å². The molecule has 11 N–H and O–H groups in total. The third kappa shape index (κ3) is 12.4. The van der Waals surface area contributed by atoms with E-state index in [1.54, 1.807) is 6.08 Å². The Labute approximate surface area is 329 Å². The number of hydrogen-bond acceptors (Lipinski definition) is 16. The van der Waals surface area contributed by atoms with Crippen LogP contribution in [-0.2, 0) is 28.5 Å². The maximum absolute atomic E-state index is 13.1. The van der Waals surface area contributed by atoms with Crippen molar-refractivity contribution >= 4 is 11.8 Å². The van der Waals surface area contributed by atoms with Crippen LogP contribution in [0.3, 0.4) is 0 Å². The summed E-state index contributed by atoms with van der Waals surface area (Å²) in [4.78, 5) is 51.0. The average molecular weight is 817 g/mol. The summed E-state index contributed by atoms with van der Waals surface area (Å²) in [6.07, 6.45) is -10.3. The molecule has 20 heteroatoms. The van der Waals surface area contributed by atoms with Gasteiger partial charge in [0.2, 0.25) is 11.8 Å². The SMILES string of the molecule is CC(=O)N[C@H]1[C@@H](O[C@@H]2O[C@H](C[C@@H](O)[C@H]3O[C@@H](n4ccc(=O)[nH]c4=O)[C@H](O)[C@@H]3O)[C@H](O)[C@H](O)[C@H]2NC(=O)/C=C/CCCCCCCCC(C)C)O[C@H](CO)[C@@H](O)[C@@H]1O. The Morgan fingerprint density at radius 3 is 2.05 bits per heavy atom. The van der Waals surface area contributed by atoms with Gasteiger partial charge in [0.15, 0.2) is 18.8 Å². The Morgan fingerprint density at radius 2 is 1.44 bits per heavy atom. The second kappa shape index (κ2) is 21.8. The highest BCUT2D eigenvalue weighted by Gasteiger charge is 2.53. The van der Waals surface area contributed by atoms with Gasteiger partial charge in [-0.25, -0.2) is 4.79 Å². The zero-order valence-electron chi connectivity index (χ0n) is 32.4. The molecule has 0 unspecified atom stereocenters.